The Bertz CT molecular complexity index is 970. The van der Waals surface area contributed by atoms with Gasteiger partial charge in [-0.05, 0) is 74.4 Å². The number of nitrogens with zero attached hydrogens (tertiary/aromatic N) is 2. The van der Waals surface area contributed by atoms with Gasteiger partial charge < -0.3 is 15.5 Å². The molecule has 162 valence electrons. The fourth-order valence-electron chi connectivity index (χ4n) is 3.80. The molecule has 31 heavy (non-hydrogen) atoms. The predicted molar refractivity (Wildman–Crippen MR) is 122 cm³/mol. The van der Waals surface area contributed by atoms with Crippen LogP contribution in [0.1, 0.15) is 66.1 Å². The Balaban J connectivity index is 1.62. The molecule has 1 aliphatic rings. The molecular weight excluding hydrogens is 388 g/mol. The van der Waals surface area contributed by atoms with Crippen LogP contribution in [0.2, 0.25) is 0 Å². The molecule has 1 heterocycles. The number of likely N-dealkylation sites (tertiary alicyclic amines) is 1. The molecule has 0 aromatic heterocycles. The van der Waals surface area contributed by atoms with Crippen LogP contribution in [0.3, 0.4) is 0 Å². The lowest BCUT2D eigenvalue weighted by molar-refractivity contribution is 0.0713. The summed E-state index contributed by atoms with van der Waals surface area (Å²) in [7, 11) is 0. The standard InChI is InChI=1S/C25H30N4O2/c1-4-18(3)27-25(31)28-23-15-22(8-5-17(23)2)24(30)29-13-11-21(12-14-29)20-9-6-19(16-26)7-10-20/h5-10,15,18,21H,4,11-14H2,1-3H3,(H2,27,28,31). The maximum absolute atomic E-state index is 13.1. The van der Waals surface area contributed by atoms with Gasteiger partial charge in [0.15, 0.2) is 0 Å². The molecule has 2 N–H and O–H groups in total. The first-order valence-electron chi connectivity index (χ1n) is 10.9. The first-order chi connectivity index (χ1) is 14.9. The van der Waals surface area contributed by atoms with Crippen molar-refractivity contribution < 1.29 is 9.59 Å². The number of rotatable bonds is 5. The van der Waals surface area contributed by atoms with E-state index >= 15 is 0 Å². The van der Waals surface area contributed by atoms with Crippen LogP contribution < -0.4 is 10.6 Å². The van der Waals surface area contributed by atoms with Crippen molar-refractivity contribution in [3.05, 3.63) is 64.7 Å². The maximum Gasteiger partial charge on any atom is 0.319 e. The minimum absolute atomic E-state index is 0.0105. The number of anilines is 1. The number of hydrogen-bond acceptors (Lipinski definition) is 3. The summed E-state index contributed by atoms with van der Waals surface area (Å²) in [4.78, 5) is 27.1. The number of amides is 3. The van der Waals surface area contributed by atoms with E-state index in [2.05, 4.69) is 16.7 Å². The molecule has 1 aliphatic heterocycles. The molecule has 2 aromatic rings. The molecular formula is C25H30N4O2. The van der Waals surface area contributed by atoms with Crippen LogP contribution in [0.25, 0.3) is 0 Å². The van der Waals surface area contributed by atoms with Gasteiger partial charge in [0.1, 0.15) is 0 Å². The van der Waals surface area contributed by atoms with Gasteiger partial charge >= 0.3 is 6.03 Å². The molecule has 1 fully saturated rings. The van der Waals surface area contributed by atoms with Gasteiger partial charge in [-0.15, -0.1) is 0 Å². The minimum atomic E-state index is -0.259. The lowest BCUT2D eigenvalue weighted by Gasteiger charge is -2.32. The topological polar surface area (TPSA) is 85.2 Å². The summed E-state index contributed by atoms with van der Waals surface area (Å²) in [5, 5.41) is 14.7. The van der Waals surface area contributed by atoms with E-state index in [0.717, 1.165) is 24.8 Å². The fourth-order valence-corrected chi connectivity index (χ4v) is 3.80. The van der Waals surface area contributed by atoms with Crippen molar-refractivity contribution in [1.29, 1.82) is 5.26 Å². The number of piperidine rings is 1. The van der Waals surface area contributed by atoms with Gasteiger partial charge in [-0.2, -0.15) is 5.26 Å². The second kappa shape index (κ2) is 10.1. The second-order valence-electron chi connectivity index (χ2n) is 8.24. The minimum Gasteiger partial charge on any atom is -0.339 e. The van der Waals surface area contributed by atoms with Gasteiger partial charge in [-0.3, -0.25) is 4.79 Å². The first kappa shape index (κ1) is 22.4. The summed E-state index contributed by atoms with van der Waals surface area (Å²) in [6.07, 6.45) is 2.64. The zero-order chi connectivity index (χ0) is 22.4. The summed E-state index contributed by atoms with van der Waals surface area (Å²) < 4.78 is 0. The van der Waals surface area contributed by atoms with Gasteiger partial charge in [0.25, 0.3) is 5.91 Å². The van der Waals surface area contributed by atoms with E-state index in [9.17, 15) is 9.59 Å². The van der Waals surface area contributed by atoms with Crippen molar-refractivity contribution in [3.63, 3.8) is 0 Å². The molecule has 6 nitrogen and oxygen atoms in total. The Kier molecular flexibility index (Phi) is 7.30. The summed E-state index contributed by atoms with van der Waals surface area (Å²) >= 11 is 0. The lowest BCUT2D eigenvalue weighted by Crippen LogP contribution is -2.38. The largest absolute Gasteiger partial charge is 0.339 e. The van der Waals surface area contributed by atoms with E-state index in [4.69, 9.17) is 5.26 Å². The lowest BCUT2D eigenvalue weighted by atomic mass is 9.89. The number of nitrogens with one attached hydrogen (secondary N) is 2. The molecule has 0 radical (unpaired) electrons. The van der Waals surface area contributed by atoms with E-state index in [1.54, 1.807) is 6.07 Å². The third-order valence-corrected chi connectivity index (χ3v) is 6.02. The number of carbonyl (C=O) groups excluding carboxylic acids is 2. The SMILES string of the molecule is CCC(C)NC(=O)Nc1cc(C(=O)N2CCC(c3ccc(C#N)cc3)CC2)ccc1C. The Hall–Kier alpha value is -3.33. The Morgan fingerprint density at radius 3 is 2.45 bits per heavy atom. The number of benzene rings is 2. The zero-order valence-corrected chi connectivity index (χ0v) is 18.4. The third-order valence-electron chi connectivity index (χ3n) is 6.02. The van der Waals surface area contributed by atoms with Crippen molar-refractivity contribution in [3.8, 4) is 6.07 Å². The predicted octanol–water partition coefficient (Wildman–Crippen LogP) is 4.81. The molecule has 3 rings (SSSR count). The van der Waals surface area contributed by atoms with E-state index in [1.807, 2.05) is 62.1 Å². The summed E-state index contributed by atoms with van der Waals surface area (Å²) in [6.45, 7) is 7.26. The highest BCUT2D eigenvalue weighted by Gasteiger charge is 2.25. The fraction of sp³-hybridized carbons (Fsp3) is 0.400. The molecule has 6 heteroatoms. The van der Waals surface area contributed by atoms with Crippen LogP contribution in [-0.2, 0) is 0 Å². The van der Waals surface area contributed by atoms with Crippen molar-refractivity contribution in [2.75, 3.05) is 18.4 Å². The van der Waals surface area contributed by atoms with E-state index < -0.39 is 0 Å². The van der Waals surface area contributed by atoms with Crippen molar-refractivity contribution in [2.24, 2.45) is 0 Å². The average Bonchev–Trinajstić information content (AvgIpc) is 2.80. The van der Waals surface area contributed by atoms with Gasteiger partial charge in [0.2, 0.25) is 0 Å². The van der Waals surface area contributed by atoms with Crippen LogP contribution in [0, 0.1) is 18.3 Å². The smallest absolute Gasteiger partial charge is 0.319 e. The molecule has 3 amide bonds. The van der Waals surface area contributed by atoms with Gasteiger partial charge in [0, 0.05) is 30.4 Å². The van der Waals surface area contributed by atoms with Crippen LogP contribution >= 0.6 is 0 Å². The van der Waals surface area contributed by atoms with Crippen molar-refractivity contribution in [2.45, 2.75) is 52.0 Å². The van der Waals surface area contributed by atoms with Crippen LogP contribution in [0.4, 0.5) is 10.5 Å². The normalized spacial score (nSPS) is 15.1. The number of urea groups is 1. The maximum atomic E-state index is 13.1. The van der Waals surface area contributed by atoms with Gasteiger partial charge in [-0.25, -0.2) is 4.79 Å². The summed E-state index contributed by atoms with van der Waals surface area (Å²) in [5.74, 6) is 0.389. The van der Waals surface area contributed by atoms with Crippen LogP contribution in [0.15, 0.2) is 42.5 Å². The molecule has 1 saturated heterocycles. The van der Waals surface area contributed by atoms with E-state index in [-0.39, 0.29) is 18.0 Å². The average molecular weight is 419 g/mol. The second-order valence-corrected chi connectivity index (χ2v) is 8.24. The van der Waals surface area contributed by atoms with Gasteiger partial charge in [0.05, 0.1) is 11.6 Å². The zero-order valence-electron chi connectivity index (χ0n) is 18.4. The first-order valence-corrected chi connectivity index (χ1v) is 10.9. The molecule has 0 saturated carbocycles. The highest BCUT2D eigenvalue weighted by Crippen LogP contribution is 2.29. The van der Waals surface area contributed by atoms with Crippen LogP contribution in [-0.4, -0.2) is 36.0 Å². The summed E-state index contributed by atoms with van der Waals surface area (Å²) in [6, 6.07) is 15.2. The highest BCUT2D eigenvalue weighted by atomic mass is 16.2. The summed E-state index contributed by atoms with van der Waals surface area (Å²) in [5.41, 5.74) is 4.04. The van der Waals surface area contributed by atoms with E-state index in [1.165, 1.54) is 5.56 Å². The molecule has 1 unspecified atom stereocenters. The van der Waals surface area contributed by atoms with Gasteiger partial charge in [-0.1, -0.05) is 25.1 Å². The quantitative estimate of drug-likeness (QED) is 0.731. The third kappa shape index (κ3) is 5.64. The number of aryl methyl sites for hydroxylation is 1. The highest BCUT2D eigenvalue weighted by molar-refractivity contribution is 5.97. The number of carbonyl (C=O) groups is 2. The van der Waals surface area contributed by atoms with E-state index in [0.29, 0.717) is 35.8 Å². The molecule has 0 aliphatic carbocycles. The molecule has 1 atom stereocenters. The monoisotopic (exact) mass is 418 g/mol. The van der Waals surface area contributed by atoms with Crippen molar-refractivity contribution in [1.82, 2.24) is 10.2 Å². The Labute approximate surface area is 184 Å². The molecule has 0 bridgehead atoms. The Morgan fingerprint density at radius 1 is 1.16 bits per heavy atom. The van der Waals surface area contributed by atoms with Crippen molar-refractivity contribution >= 4 is 17.6 Å². The Morgan fingerprint density at radius 2 is 1.84 bits per heavy atom. The molecule has 2 aromatic carbocycles. The number of hydrogen-bond donors (Lipinski definition) is 2. The van der Waals surface area contributed by atoms with Crippen LogP contribution in [0.5, 0.6) is 0 Å². The molecule has 0 spiro atoms. The number of nitriles is 1.